The molecule has 2 N–H and O–H groups in total. The van der Waals surface area contributed by atoms with E-state index in [0.29, 0.717) is 6.42 Å². The second kappa shape index (κ2) is 5.78. The lowest BCUT2D eigenvalue weighted by Crippen LogP contribution is -2.15. The molecule has 0 fully saturated rings. The van der Waals surface area contributed by atoms with Crippen LogP contribution in [0.25, 0.3) is 0 Å². The molecule has 0 spiro atoms. The third-order valence-corrected chi connectivity index (χ3v) is 2.93. The number of aliphatic carboxylic acids is 1. The number of nitrogens with one attached hydrogen (secondary N) is 1. The maximum absolute atomic E-state index is 10.2. The first-order valence-corrected chi connectivity index (χ1v) is 5.58. The van der Waals surface area contributed by atoms with E-state index in [0.717, 1.165) is 13.1 Å². The summed E-state index contributed by atoms with van der Waals surface area (Å²) in [6.07, 6.45) is 0.939. The van der Waals surface area contributed by atoms with Crippen LogP contribution in [0, 0.1) is 6.92 Å². The predicted octanol–water partition coefficient (Wildman–Crippen LogP) is 2.01. The van der Waals surface area contributed by atoms with Crippen LogP contribution < -0.4 is 5.32 Å². The summed E-state index contributed by atoms with van der Waals surface area (Å²) in [5.41, 5.74) is 2.62. The fourth-order valence-electron chi connectivity index (χ4n) is 1.16. The van der Waals surface area contributed by atoms with Crippen LogP contribution >= 0.6 is 11.3 Å². The van der Waals surface area contributed by atoms with Gasteiger partial charge in [0.2, 0.25) is 0 Å². The van der Waals surface area contributed by atoms with Crippen molar-refractivity contribution in [3.05, 3.63) is 21.9 Å². The van der Waals surface area contributed by atoms with Crippen molar-refractivity contribution < 1.29 is 9.90 Å². The van der Waals surface area contributed by atoms with Gasteiger partial charge in [-0.15, -0.1) is 0 Å². The molecule has 3 nitrogen and oxygen atoms in total. The zero-order chi connectivity index (χ0) is 10.4. The fourth-order valence-corrected chi connectivity index (χ4v) is 2.01. The molecule has 0 aromatic carbocycles. The Bertz CT molecular complexity index is 296. The van der Waals surface area contributed by atoms with Crippen LogP contribution in [0.4, 0.5) is 0 Å². The summed E-state index contributed by atoms with van der Waals surface area (Å²) in [6, 6.07) is 0. The first kappa shape index (κ1) is 11.2. The Morgan fingerprint density at radius 3 is 2.93 bits per heavy atom. The summed E-state index contributed by atoms with van der Waals surface area (Å²) < 4.78 is 0. The van der Waals surface area contributed by atoms with Gasteiger partial charge >= 0.3 is 5.97 Å². The minimum absolute atomic E-state index is 0.246. The van der Waals surface area contributed by atoms with Gasteiger partial charge in [0.25, 0.3) is 0 Å². The van der Waals surface area contributed by atoms with E-state index in [-0.39, 0.29) is 6.42 Å². The normalized spacial score (nSPS) is 10.4. The molecule has 0 aliphatic carbocycles. The van der Waals surface area contributed by atoms with Crippen molar-refractivity contribution in [1.29, 1.82) is 0 Å². The molecule has 0 aliphatic heterocycles. The molecular formula is C10H15NO2S. The largest absolute Gasteiger partial charge is 0.481 e. The monoisotopic (exact) mass is 213 g/mol. The third-order valence-electron chi connectivity index (χ3n) is 2.02. The molecule has 1 aromatic heterocycles. The standard InChI is InChI=1S/C10H15NO2S/c1-8-6-14-7-9(8)5-11-4-2-3-10(12)13/h6-7,11H,2-5H2,1H3,(H,12,13). The highest BCUT2D eigenvalue weighted by Gasteiger charge is 1.99. The summed E-state index contributed by atoms with van der Waals surface area (Å²) >= 11 is 1.70. The lowest BCUT2D eigenvalue weighted by atomic mass is 10.2. The Balaban J connectivity index is 2.10. The minimum Gasteiger partial charge on any atom is -0.481 e. The number of hydrogen-bond donors (Lipinski definition) is 2. The number of rotatable bonds is 6. The van der Waals surface area contributed by atoms with Gasteiger partial charge in [-0.2, -0.15) is 11.3 Å². The number of aryl methyl sites for hydroxylation is 1. The molecule has 0 bridgehead atoms. The lowest BCUT2D eigenvalue weighted by Gasteiger charge is -2.02. The summed E-state index contributed by atoms with van der Waals surface area (Å²) in [6.45, 7) is 3.70. The van der Waals surface area contributed by atoms with Crippen LogP contribution in [-0.4, -0.2) is 17.6 Å². The Morgan fingerprint density at radius 2 is 2.36 bits per heavy atom. The average Bonchev–Trinajstić information content (AvgIpc) is 2.51. The molecule has 0 radical (unpaired) electrons. The van der Waals surface area contributed by atoms with Gasteiger partial charge in [0, 0.05) is 13.0 Å². The van der Waals surface area contributed by atoms with Gasteiger partial charge in [0.05, 0.1) is 0 Å². The van der Waals surface area contributed by atoms with E-state index in [2.05, 4.69) is 23.0 Å². The van der Waals surface area contributed by atoms with Gasteiger partial charge in [0.1, 0.15) is 0 Å². The van der Waals surface area contributed by atoms with Crippen molar-refractivity contribution in [2.75, 3.05) is 6.54 Å². The Morgan fingerprint density at radius 1 is 1.57 bits per heavy atom. The van der Waals surface area contributed by atoms with Gasteiger partial charge in [-0.1, -0.05) is 0 Å². The van der Waals surface area contributed by atoms with Crippen LogP contribution in [0.15, 0.2) is 10.8 Å². The summed E-state index contributed by atoms with van der Waals surface area (Å²) in [7, 11) is 0. The van der Waals surface area contributed by atoms with E-state index in [1.807, 2.05) is 0 Å². The topological polar surface area (TPSA) is 49.3 Å². The molecule has 1 aromatic rings. The molecule has 0 saturated heterocycles. The zero-order valence-corrected chi connectivity index (χ0v) is 9.06. The number of carboxylic acids is 1. The number of thiophene rings is 1. The quantitative estimate of drug-likeness (QED) is 0.711. The van der Waals surface area contributed by atoms with Crippen molar-refractivity contribution in [2.45, 2.75) is 26.3 Å². The van der Waals surface area contributed by atoms with E-state index < -0.39 is 5.97 Å². The summed E-state index contributed by atoms with van der Waals surface area (Å²) in [5.74, 6) is -0.724. The fraction of sp³-hybridized carbons (Fsp3) is 0.500. The van der Waals surface area contributed by atoms with Gasteiger partial charge in [-0.3, -0.25) is 4.79 Å². The van der Waals surface area contributed by atoms with E-state index in [1.54, 1.807) is 11.3 Å². The van der Waals surface area contributed by atoms with Gasteiger partial charge in [0.15, 0.2) is 0 Å². The zero-order valence-electron chi connectivity index (χ0n) is 8.25. The predicted molar refractivity (Wildman–Crippen MR) is 57.6 cm³/mol. The highest BCUT2D eigenvalue weighted by molar-refractivity contribution is 7.08. The second-order valence-electron chi connectivity index (χ2n) is 3.25. The molecule has 0 atom stereocenters. The Hall–Kier alpha value is -0.870. The number of hydrogen-bond acceptors (Lipinski definition) is 3. The van der Waals surface area contributed by atoms with E-state index in [4.69, 9.17) is 5.11 Å². The second-order valence-corrected chi connectivity index (χ2v) is 4.00. The van der Waals surface area contributed by atoms with Crippen molar-refractivity contribution in [2.24, 2.45) is 0 Å². The number of carboxylic acid groups (broad SMARTS) is 1. The van der Waals surface area contributed by atoms with Crippen molar-refractivity contribution >= 4 is 17.3 Å². The van der Waals surface area contributed by atoms with E-state index in [9.17, 15) is 4.79 Å². The molecule has 0 saturated carbocycles. The van der Waals surface area contributed by atoms with Gasteiger partial charge < -0.3 is 10.4 Å². The average molecular weight is 213 g/mol. The lowest BCUT2D eigenvalue weighted by molar-refractivity contribution is -0.137. The molecule has 1 rings (SSSR count). The van der Waals surface area contributed by atoms with Crippen LogP contribution in [0.1, 0.15) is 24.0 Å². The SMILES string of the molecule is Cc1cscc1CNCCCC(=O)O. The van der Waals surface area contributed by atoms with Gasteiger partial charge in [-0.25, -0.2) is 0 Å². The smallest absolute Gasteiger partial charge is 0.303 e. The first-order valence-electron chi connectivity index (χ1n) is 4.64. The van der Waals surface area contributed by atoms with Crippen LogP contribution in [0.5, 0.6) is 0 Å². The molecular weight excluding hydrogens is 198 g/mol. The number of carbonyl (C=O) groups is 1. The molecule has 0 amide bonds. The van der Waals surface area contributed by atoms with Crippen LogP contribution in [0.2, 0.25) is 0 Å². The Kier molecular flexibility index (Phi) is 4.62. The third kappa shape index (κ3) is 3.89. The Labute approximate surface area is 87.8 Å². The molecule has 4 heteroatoms. The molecule has 1 heterocycles. The highest BCUT2D eigenvalue weighted by Crippen LogP contribution is 2.12. The highest BCUT2D eigenvalue weighted by atomic mass is 32.1. The minimum atomic E-state index is -0.724. The molecule has 78 valence electrons. The van der Waals surface area contributed by atoms with Crippen molar-refractivity contribution in [3.8, 4) is 0 Å². The maximum atomic E-state index is 10.2. The van der Waals surface area contributed by atoms with E-state index >= 15 is 0 Å². The summed E-state index contributed by atoms with van der Waals surface area (Å²) in [4.78, 5) is 10.2. The summed E-state index contributed by atoms with van der Waals surface area (Å²) in [5, 5.41) is 15.9. The van der Waals surface area contributed by atoms with Gasteiger partial charge in [-0.05, 0) is 41.8 Å². The van der Waals surface area contributed by atoms with Crippen molar-refractivity contribution in [3.63, 3.8) is 0 Å². The molecule has 0 aliphatic rings. The first-order chi connectivity index (χ1) is 6.70. The van der Waals surface area contributed by atoms with Crippen LogP contribution in [0.3, 0.4) is 0 Å². The van der Waals surface area contributed by atoms with E-state index in [1.165, 1.54) is 11.1 Å². The van der Waals surface area contributed by atoms with Crippen molar-refractivity contribution in [1.82, 2.24) is 5.32 Å². The van der Waals surface area contributed by atoms with Crippen LogP contribution in [-0.2, 0) is 11.3 Å². The maximum Gasteiger partial charge on any atom is 0.303 e. The molecule has 14 heavy (non-hydrogen) atoms. The molecule has 0 unspecified atom stereocenters.